The van der Waals surface area contributed by atoms with Crippen LogP contribution in [0.3, 0.4) is 0 Å². The SMILES string of the molecule is N#Cc1ccc2c(ccc3cc(N4c5ccccc5-c5ccccc5-n5c4nc4ccccc45)ccc32)c1. The highest BCUT2D eigenvalue weighted by Gasteiger charge is 2.28. The first-order valence-corrected chi connectivity index (χ1v) is 12.6. The second-order valence-electron chi connectivity index (χ2n) is 9.62. The summed E-state index contributed by atoms with van der Waals surface area (Å²) in [6.07, 6.45) is 0. The molecule has 0 bridgehead atoms. The molecule has 0 saturated carbocycles. The number of hydrogen-bond donors (Lipinski definition) is 0. The standard InChI is InChI=1S/C34H20N4/c35-21-22-13-17-26-23(19-22)14-15-24-20-25(16-18-27(24)26)37-31-10-4-1-7-28(31)29-8-2-5-11-32(29)38-33-12-6-3-9-30(33)36-34(37)38/h1-20H. The normalized spacial score (nSPS) is 12.1. The van der Waals surface area contributed by atoms with Crippen LogP contribution in [0.15, 0.2) is 121 Å². The summed E-state index contributed by atoms with van der Waals surface area (Å²) >= 11 is 0. The second kappa shape index (κ2) is 7.80. The smallest absolute Gasteiger partial charge is 0.220 e. The third-order valence-corrected chi connectivity index (χ3v) is 7.53. The van der Waals surface area contributed by atoms with Crippen molar-refractivity contribution in [1.29, 1.82) is 5.26 Å². The molecule has 0 spiro atoms. The monoisotopic (exact) mass is 484 g/mol. The lowest BCUT2D eigenvalue weighted by molar-refractivity contribution is 1.05. The molecule has 1 aromatic heterocycles. The second-order valence-corrected chi connectivity index (χ2v) is 9.62. The summed E-state index contributed by atoms with van der Waals surface area (Å²) in [6, 6.07) is 44.4. The molecule has 0 N–H and O–H groups in total. The van der Waals surface area contributed by atoms with Crippen LogP contribution in [0, 0.1) is 11.3 Å². The number of imidazole rings is 1. The molecule has 0 radical (unpaired) electrons. The van der Waals surface area contributed by atoms with Crippen molar-refractivity contribution in [2.75, 3.05) is 4.90 Å². The minimum absolute atomic E-state index is 0.674. The van der Waals surface area contributed by atoms with Crippen molar-refractivity contribution in [2.24, 2.45) is 0 Å². The molecule has 0 fully saturated rings. The highest BCUT2D eigenvalue weighted by atomic mass is 15.3. The molecule has 0 unspecified atom stereocenters. The van der Waals surface area contributed by atoms with Crippen LogP contribution in [0.25, 0.3) is 49.4 Å². The number of rotatable bonds is 1. The van der Waals surface area contributed by atoms with E-state index in [1.807, 2.05) is 24.3 Å². The van der Waals surface area contributed by atoms with E-state index in [1.54, 1.807) is 0 Å². The Hall–Kier alpha value is -5.40. The van der Waals surface area contributed by atoms with Gasteiger partial charge in [-0.3, -0.25) is 9.47 Å². The average molecular weight is 485 g/mol. The summed E-state index contributed by atoms with van der Waals surface area (Å²) in [5.74, 6) is 0.863. The van der Waals surface area contributed by atoms with Gasteiger partial charge in [0.2, 0.25) is 5.95 Å². The first kappa shape index (κ1) is 20.8. The number of nitriles is 1. The van der Waals surface area contributed by atoms with E-state index in [9.17, 15) is 5.26 Å². The Morgan fingerprint density at radius 1 is 0.605 bits per heavy atom. The van der Waals surface area contributed by atoms with Crippen LogP contribution in [0.2, 0.25) is 0 Å². The van der Waals surface area contributed by atoms with Gasteiger partial charge in [0.05, 0.1) is 34.0 Å². The van der Waals surface area contributed by atoms with Gasteiger partial charge in [0.25, 0.3) is 0 Å². The van der Waals surface area contributed by atoms with Crippen molar-refractivity contribution < 1.29 is 0 Å². The van der Waals surface area contributed by atoms with E-state index >= 15 is 0 Å². The number of benzene rings is 6. The lowest BCUT2D eigenvalue weighted by Gasteiger charge is -2.25. The Labute approximate surface area is 219 Å². The zero-order valence-electron chi connectivity index (χ0n) is 20.3. The first-order chi connectivity index (χ1) is 18.8. The molecule has 176 valence electrons. The minimum atomic E-state index is 0.674. The summed E-state index contributed by atoms with van der Waals surface area (Å²) < 4.78 is 2.28. The van der Waals surface area contributed by atoms with Crippen LogP contribution in [0.5, 0.6) is 0 Å². The number of nitrogens with zero attached hydrogens (tertiary/aromatic N) is 4. The molecule has 7 aromatic rings. The Morgan fingerprint density at radius 2 is 1.26 bits per heavy atom. The molecule has 38 heavy (non-hydrogen) atoms. The molecular weight excluding hydrogens is 464 g/mol. The van der Waals surface area contributed by atoms with Crippen molar-refractivity contribution in [1.82, 2.24) is 9.55 Å². The molecule has 0 atom stereocenters. The fraction of sp³-hybridized carbons (Fsp3) is 0. The van der Waals surface area contributed by atoms with Gasteiger partial charge in [0, 0.05) is 16.8 Å². The lowest BCUT2D eigenvalue weighted by atomic mass is 9.99. The zero-order valence-corrected chi connectivity index (χ0v) is 20.3. The maximum absolute atomic E-state index is 9.33. The minimum Gasteiger partial charge on any atom is -0.280 e. The Balaban J connectivity index is 1.44. The Morgan fingerprint density at radius 3 is 2.08 bits per heavy atom. The highest BCUT2D eigenvalue weighted by molar-refractivity contribution is 6.09. The van der Waals surface area contributed by atoms with Crippen molar-refractivity contribution in [3.63, 3.8) is 0 Å². The maximum Gasteiger partial charge on any atom is 0.220 e. The van der Waals surface area contributed by atoms with Crippen LogP contribution in [0.4, 0.5) is 17.3 Å². The highest BCUT2D eigenvalue weighted by Crippen LogP contribution is 2.47. The third kappa shape index (κ3) is 2.87. The van der Waals surface area contributed by atoms with Crippen LogP contribution in [-0.4, -0.2) is 9.55 Å². The first-order valence-electron chi connectivity index (χ1n) is 12.6. The Bertz CT molecular complexity index is 2110. The molecule has 4 nitrogen and oxygen atoms in total. The van der Waals surface area contributed by atoms with E-state index in [0.29, 0.717) is 5.56 Å². The molecule has 1 aliphatic heterocycles. The van der Waals surface area contributed by atoms with E-state index < -0.39 is 0 Å². The molecule has 1 aliphatic rings. The van der Waals surface area contributed by atoms with E-state index in [2.05, 4.69) is 113 Å². The van der Waals surface area contributed by atoms with Gasteiger partial charge in [-0.25, -0.2) is 4.98 Å². The summed E-state index contributed by atoms with van der Waals surface area (Å²) in [6.45, 7) is 0. The average Bonchev–Trinajstić information content (AvgIpc) is 3.30. The Kier molecular flexibility index (Phi) is 4.26. The van der Waals surface area contributed by atoms with Gasteiger partial charge in [-0.05, 0) is 70.1 Å². The predicted octanol–water partition coefficient (Wildman–Crippen LogP) is 8.65. The topological polar surface area (TPSA) is 44.9 Å². The summed E-state index contributed by atoms with van der Waals surface area (Å²) in [5.41, 5.74) is 8.31. The number of para-hydroxylation sites is 4. The van der Waals surface area contributed by atoms with E-state index in [-0.39, 0.29) is 0 Å². The van der Waals surface area contributed by atoms with Crippen LogP contribution in [0.1, 0.15) is 5.56 Å². The molecular formula is C34H20N4. The summed E-state index contributed by atoms with van der Waals surface area (Å²) in [4.78, 5) is 7.45. The van der Waals surface area contributed by atoms with Gasteiger partial charge >= 0.3 is 0 Å². The molecule has 8 rings (SSSR count). The van der Waals surface area contributed by atoms with Crippen molar-refractivity contribution >= 4 is 49.9 Å². The molecule has 0 aliphatic carbocycles. The van der Waals surface area contributed by atoms with E-state index in [1.165, 1.54) is 11.1 Å². The van der Waals surface area contributed by atoms with Gasteiger partial charge in [0.15, 0.2) is 0 Å². The largest absolute Gasteiger partial charge is 0.280 e. The fourth-order valence-electron chi connectivity index (χ4n) is 5.82. The third-order valence-electron chi connectivity index (χ3n) is 7.53. The van der Waals surface area contributed by atoms with Crippen molar-refractivity contribution in [3.8, 4) is 22.9 Å². The summed E-state index contributed by atoms with van der Waals surface area (Å²) in [7, 11) is 0. The van der Waals surface area contributed by atoms with E-state index in [0.717, 1.165) is 55.6 Å². The number of fused-ring (bicyclic) bond motifs is 10. The molecule has 0 amide bonds. The molecule has 4 heteroatoms. The van der Waals surface area contributed by atoms with Gasteiger partial charge < -0.3 is 0 Å². The zero-order chi connectivity index (χ0) is 25.2. The fourth-order valence-corrected chi connectivity index (χ4v) is 5.82. The van der Waals surface area contributed by atoms with Crippen LogP contribution < -0.4 is 4.90 Å². The number of anilines is 3. The van der Waals surface area contributed by atoms with E-state index in [4.69, 9.17) is 4.98 Å². The number of aromatic nitrogens is 2. The summed E-state index contributed by atoms with van der Waals surface area (Å²) in [5, 5.41) is 13.8. The maximum atomic E-state index is 9.33. The van der Waals surface area contributed by atoms with Crippen molar-refractivity contribution in [3.05, 3.63) is 127 Å². The molecule has 2 heterocycles. The molecule has 0 saturated heterocycles. The molecule has 6 aromatic carbocycles. The van der Waals surface area contributed by atoms with Crippen molar-refractivity contribution in [2.45, 2.75) is 0 Å². The lowest BCUT2D eigenvalue weighted by Crippen LogP contribution is -2.14. The quantitative estimate of drug-likeness (QED) is 0.219. The van der Waals surface area contributed by atoms with Gasteiger partial charge in [0.1, 0.15) is 0 Å². The van der Waals surface area contributed by atoms with Gasteiger partial charge in [-0.1, -0.05) is 72.8 Å². The van der Waals surface area contributed by atoms with Crippen LogP contribution in [-0.2, 0) is 0 Å². The van der Waals surface area contributed by atoms with Gasteiger partial charge in [-0.2, -0.15) is 5.26 Å². The number of hydrogen-bond acceptors (Lipinski definition) is 3. The van der Waals surface area contributed by atoms with Gasteiger partial charge in [-0.15, -0.1) is 0 Å². The predicted molar refractivity (Wildman–Crippen MR) is 154 cm³/mol. The van der Waals surface area contributed by atoms with Crippen LogP contribution >= 0.6 is 0 Å².